The molecule has 2 heterocycles. The number of rotatable bonds is 3. The van der Waals surface area contributed by atoms with Gasteiger partial charge < -0.3 is 5.11 Å². The zero-order chi connectivity index (χ0) is 23.9. The maximum absolute atomic E-state index is 13.6. The number of hydrogen-bond donors (Lipinski definition) is 1. The molecule has 4 rings (SSSR count). The van der Waals surface area contributed by atoms with Crippen molar-refractivity contribution in [3.63, 3.8) is 0 Å². The average Bonchev–Trinajstić information content (AvgIpc) is 3.06. The Labute approximate surface area is 194 Å². The van der Waals surface area contributed by atoms with Crippen molar-refractivity contribution < 1.29 is 9.90 Å². The van der Waals surface area contributed by atoms with E-state index in [9.17, 15) is 19.5 Å². The van der Waals surface area contributed by atoms with Crippen LogP contribution in [0.3, 0.4) is 0 Å². The van der Waals surface area contributed by atoms with E-state index in [2.05, 4.69) is 5.10 Å². The lowest BCUT2D eigenvalue weighted by Gasteiger charge is -2.29. The minimum Gasteiger partial charge on any atom is -0.494 e. The van der Waals surface area contributed by atoms with Gasteiger partial charge in [-0.15, -0.1) is 0 Å². The fourth-order valence-corrected chi connectivity index (χ4v) is 5.39. The van der Waals surface area contributed by atoms with Gasteiger partial charge in [-0.25, -0.2) is 9.80 Å². The van der Waals surface area contributed by atoms with Crippen LogP contribution in [0.25, 0.3) is 6.08 Å². The zero-order valence-electron chi connectivity index (χ0n) is 20.3. The van der Waals surface area contributed by atoms with Gasteiger partial charge in [0.2, 0.25) is 5.88 Å². The molecule has 8 heteroatoms. The van der Waals surface area contributed by atoms with E-state index in [0.717, 1.165) is 64.2 Å². The maximum Gasteiger partial charge on any atom is 0.334 e. The molecule has 1 amide bonds. The number of aromatic nitrogens is 2. The first-order valence-corrected chi connectivity index (χ1v) is 12.3. The third-order valence-electron chi connectivity index (χ3n) is 7.20. The van der Waals surface area contributed by atoms with Crippen LogP contribution in [0.15, 0.2) is 20.3 Å². The molecule has 0 aromatic carbocycles. The highest BCUT2D eigenvalue weighted by atomic mass is 16.3. The Kier molecular flexibility index (Phi) is 6.38. The lowest BCUT2D eigenvalue weighted by molar-refractivity contribution is -0.129. The van der Waals surface area contributed by atoms with Gasteiger partial charge in [-0.2, -0.15) is 5.10 Å². The molecule has 0 spiro atoms. The number of aromatic hydroxyl groups is 1. The molecule has 2 saturated carbocycles. The van der Waals surface area contributed by atoms with Gasteiger partial charge in [0.25, 0.3) is 11.5 Å². The van der Waals surface area contributed by atoms with Gasteiger partial charge in [0.05, 0.1) is 16.8 Å². The lowest BCUT2D eigenvalue weighted by Crippen LogP contribution is -2.45. The summed E-state index contributed by atoms with van der Waals surface area (Å²) in [5, 5.41) is 17.0. The second-order valence-electron chi connectivity index (χ2n) is 10.7. The van der Waals surface area contributed by atoms with Gasteiger partial charge >= 0.3 is 5.69 Å². The van der Waals surface area contributed by atoms with E-state index in [1.165, 1.54) is 20.2 Å². The van der Waals surface area contributed by atoms with E-state index in [4.69, 9.17) is 0 Å². The van der Waals surface area contributed by atoms with E-state index in [1.807, 2.05) is 20.8 Å². The average molecular weight is 457 g/mol. The van der Waals surface area contributed by atoms with Crippen LogP contribution in [0.2, 0.25) is 0 Å². The summed E-state index contributed by atoms with van der Waals surface area (Å²) in [5.41, 5.74) is -0.662. The number of hydrazone groups is 1. The van der Waals surface area contributed by atoms with Crippen molar-refractivity contribution >= 4 is 17.7 Å². The van der Waals surface area contributed by atoms with Crippen LogP contribution in [-0.2, 0) is 4.79 Å². The van der Waals surface area contributed by atoms with Crippen molar-refractivity contribution in [3.05, 3.63) is 32.0 Å². The molecular formula is C25H36N4O4. The van der Waals surface area contributed by atoms with E-state index >= 15 is 0 Å². The molecule has 0 atom stereocenters. The summed E-state index contributed by atoms with van der Waals surface area (Å²) in [7, 11) is 0. The maximum atomic E-state index is 13.6. The molecule has 0 bridgehead atoms. The number of hydrogen-bond acceptors (Lipinski definition) is 5. The second-order valence-corrected chi connectivity index (χ2v) is 10.7. The molecule has 3 aliphatic rings. The molecule has 180 valence electrons. The van der Waals surface area contributed by atoms with Crippen LogP contribution in [0.1, 0.15) is 110 Å². The summed E-state index contributed by atoms with van der Waals surface area (Å²) in [6, 6.07) is -0.314. The Balaban J connectivity index is 1.90. The summed E-state index contributed by atoms with van der Waals surface area (Å²) in [5.74, 6) is -0.635. The van der Waals surface area contributed by atoms with Gasteiger partial charge in [0, 0.05) is 12.1 Å². The summed E-state index contributed by atoms with van der Waals surface area (Å²) < 4.78 is 2.78. The van der Waals surface area contributed by atoms with Crippen LogP contribution in [-0.4, -0.2) is 36.4 Å². The summed E-state index contributed by atoms with van der Waals surface area (Å²) in [6.45, 7) is 7.40. The van der Waals surface area contributed by atoms with Crippen LogP contribution >= 0.6 is 0 Å². The van der Waals surface area contributed by atoms with E-state index in [0.29, 0.717) is 5.71 Å². The Morgan fingerprint density at radius 2 is 1.39 bits per heavy atom. The van der Waals surface area contributed by atoms with Crippen LogP contribution in [0, 0.1) is 0 Å². The zero-order valence-corrected chi connectivity index (χ0v) is 20.3. The van der Waals surface area contributed by atoms with Crippen molar-refractivity contribution in [1.29, 1.82) is 0 Å². The molecule has 1 aliphatic heterocycles. The summed E-state index contributed by atoms with van der Waals surface area (Å²) >= 11 is 0. The number of amides is 1. The normalized spacial score (nSPS) is 22.3. The molecule has 2 aliphatic carbocycles. The second kappa shape index (κ2) is 8.95. The van der Waals surface area contributed by atoms with Crippen molar-refractivity contribution in [2.24, 2.45) is 5.10 Å². The highest BCUT2D eigenvalue weighted by molar-refractivity contribution is 6.26. The molecule has 8 nitrogen and oxygen atoms in total. The van der Waals surface area contributed by atoms with E-state index in [1.54, 1.807) is 6.92 Å². The van der Waals surface area contributed by atoms with Crippen molar-refractivity contribution in [3.8, 4) is 5.88 Å². The molecule has 0 saturated heterocycles. The Morgan fingerprint density at radius 1 is 0.879 bits per heavy atom. The standard InChI is InChI=1S/C25H36N4O4/c1-16-19(23(32)29(26-16)25(2,3)4)15-20-21(30)27(17-11-7-5-8-12-17)24(33)28(22(20)31)18-13-9-6-10-14-18/h15,17-18,30H,5-14H2,1-4H3/b19-15-. The first-order chi connectivity index (χ1) is 15.6. The van der Waals surface area contributed by atoms with Gasteiger partial charge in [-0.1, -0.05) is 38.5 Å². The molecule has 33 heavy (non-hydrogen) atoms. The fraction of sp³-hybridized carbons (Fsp3) is 0.680. The van der Waals surface area contributed by atoms with Gasteiger partial charge in [-0.05, 0) is 59.5 Å². The molecule has 1 aromatic heterocycles. The monoisotopic (exact) mass is 456 g/mol. The van der Waals surface area contributed by atoms with Crippen molar-refractivity contribution in [2.45, 2.75) is 110 Å². The lowest BCUT2D eigenvalue weighted by atomic mass is 9.94. The van der Waals surface area contributed by atoms with E-state index in [-0.39, 0.29) is 35.0 Å². The largest absolute Gasteiger partial charge is 0.494 e. The Hall–Kier alpha value is -2.64. The first-order valence-electron chi connectivity index (χ1n) is 12.3. The predicted molar refractivity (Wildman–Crippen MR) is 129 cm³/mol. The summed E-state index contributed by atoms with van der Waals surface area (Å²) in [6.07, 6.45) is 10.7. The van der Waals surface area contributed by atoms with Crippen molar-refractivity contribution in [1.82, 2.24) is 14.1 Å². The SMILES string of the molecule is CC1=NN(C(C)(C)C)C(=O)/C1=C\c1c(O)n(C2CCCCC2)c(=O)n(C2CCCCC2)c1=O. The third-order valence-corrected chi connectivity index (χ3v) is 7.20. The number of carbonyl (C=O) groups excluding carboxylic acids is 1. The van der Waals surface area contributed by atoms with E-state index < -0.39 is 16.8 Å². The number of carbonyl (C=O) groups is 1. The molecule has 1 N–H and O–H groups in total. The quantitative estimate of drug-likeness (QED) is 0.692. The van der Waals surface area contributed by atoms with Crippen molar-refractivity contribution in [2.75, 3.05) is 0 Å². The highest BCUT2D eigenvalue weighted by Gasteiger charge is 2.36. The molecule has 0 unspecified atom stereocenters. The minimum absolute atomic E-state index is 0.0133. The summed E-state index contributed by atoms with van der Waals surface area (Å²) in [4.78, 5) is 40.3. The highest BCUT2D eigenvalue weighted by Crippen LogP contribution is 2.33. The number of nitrogens with zero attached hydrogens (tertiary/aromatic N) is 4. The molecule has 0 radical (unpaired) electrons. The predicted octanol–water partition coefficient (Wildman–Crippen LogP) is 4.13. The minimum atomic E-state index is -0.515. The third kappa shape index (κ3) is 4.32. The van der Waals surface area contributed by atoms with Gasteiger partial charge in [-0.3, -0.25) is 18.7 Å². The molecule has 2 fully saturated rings. The topological polar surface area (TPSA) is 96.9 Å². The molecular weight excluding hydrogens is 420 g/mol. The fourth-order valence-electron chi connectivity index (χ4n) is 5.39. The van der Waals surface area contributed by atoms with Crippen LogP contribution in [0.4, 0.5) is 0 Å². The Bertz CT molecular complexity index is 1110. The first kappa shape index (κ1) is 23.5. The Morgan fingerprint density at radius 3 is 1.88 bits per heavy atom. The smallest absolute Gasteiger partial charge is 0.334 e. The van der Waals surface area contributed by atoms with Gasteiger partial charge in [0.1, 0.15) is 5.56 Å². The van der Waals surface area contributed by atoms with Crippen LogP contribution in [0.5, 0.6) is 5.88 Å². The molecule has 1 aromatic rings. The van der Waals surface area contributed by atoms with Crippen LogP contribution < -0.4 is 11.2 Å². The van der Waals surface area contributed by atoms with Gasteiger partial charge in [0.15, 0.2) is 0 Å².